The van der Waals surface area contributed by atoms with E-state index in [9.17, 15) is 0 Å². The molecule has 1 fully saturated rings. The Labute approximate surface area is 129 Å². The zero-order valence-corrected chi connectivity index (χ0v) is 13.5. The van der Waals surface area contributed by atoms with Crippen LogP contribution in [-0.2, 0) is 0 Å². The molecule has 1 aliphatic carbocycles. The molecule has 1 aromatic rings. The fourth-order valence-corrected chi connectivity index (χ4v) is 3.23. The molecule has 0 spiro atoms. The van der Waals surface area contributed by atoms with Crippen LogP contribution < -0.4 is 10.1 Å². The van der Waals surface area contributed by atoms with Crippen molar-refractivity contribution in [2.45, 2.75) is 25.7 Å². The van der Waals surface area contributed by atoms with Gasteiger partial charge >= 0.3 is 0 Å². The summed E-state index contributed by atoms with van der Waals surface area (Å²) in [5.41, 5.74) is 0.333. The molecule has 4 heteroatoms. The molecule has 2 nitrogen and oxygen atoms in total. The van der Waals surface area contributed by atoms with Crippen molar-refractivity contribution in [1.29, 1.82) is 0 Å². The molecule has 0 aromatic heterocycles. The first-order valence-corrected chi connectivity index (χ1v) is 8.22. The normalized spacial score (nSPS) is 17.6. The molecule has 0 saturated heterocycles. The molecule has 1 aliphatic rings. The van der Waals surface area contributed by atoms with Crippen LogP contribution in [0.2, 0.25) is 0 Å². The van der Waals surface area contributed by atoms with Gasteiger partial charge in [0.15, 0.2) is 0 Å². The van der Waals surface area contributed by atoms with Crippen LogP contribution in [0.15, 0.2) is 28.7 Å². The Balaban J connectivity index is 1.63. The van der Waals surface area contributed by atoms with Gasteiger partial charge in [-0.05, 0) is 42.5 Å². The summed E-state index contributed by atoms with van der Waals surface area (Å²) in [6, 6.07) is 7.93. The van der Waals surface area contributed by atoms with E-state index in [-0.39, 0.29) is 0 Å². The van der Waals surface area contributed by atoms with Gasteiger partial charge in [0.05, 0.1) is 0 Å². The van der Waals surface area contributed by atoms with E-state index in [2.05, 4.69) is 21.2 Å². The quantitative estimate of drug-likeness (QED) is 0.589. The van der Waals surface area contributed by atoms with Gasteiger partial charge in [0.1, 0.15) is 12.4 Å². The SMILES string of the molecule is ClCC1(CNCCOc2ccc(Br)cc2)CCCC1. The van der Waals surface area contributed by atoms with E-state index in [1.807, 2.05) is 24.3 Å². The maximum Gasteiger partial charge on any atom is 0.119 e. The minimum atomic E-state index is 0.333. The Bertz CT molecular complexity index is 376. The first kappa shape index (κ1) is 15.1. The summed E-state index contributed by atoms with van der Waals surface area (Å²) in [6.45, 7) is 2.58. The number of alkyl halides is 1. The highest BCUT2D eigenvalue weighted by molar-refractivity contribution is 9.10. The zero-order valence-electron chi connectivity index (χ0n) is 11.1. The van der Waals surface area contributed by atoms with Crippen LogP contribution in [0.25, 0.3) is 0 Å². The zero-order chi connectivity index (χ0) is 13.6. The second-order valence-electron chi connectivity index (χ2n) is 5.32. The molecular weight excluding hydrogens is 326 g/mol. The van der Waals surface area contributed by atoms with Crippen molar-refractivity contribution in [3.63, 3.8) is 0 Å². The van der Waals surface area contributed by atoms with Crippen molar-refractivity contribution >= 4 is 27.5 Å². The summed E-state index contributed by atoms with van der Waals surface area (Å²) < 4.78 is 6.75. The van der Waals surface area contributed by atoms with Crippen LogP contribution >= 0.6 is 27.5 Å². The number of hydrogen-bond acceptors (Lipinski definition) is 2. The first-order chi connectivity index (χ1) is 9.24. The molecular formula is C15H21BrClNO. The van der Waals surface area contributed by atoms with Crippen LogP contribution in [0.3, 0.4) is 0 Å². The second-order valence-corrected chi connectivity index (χ2v) is 6.50. The lowest BCUT2D eigenvalue weighted by molar-refractivity contribution is 0.281. The highest BCUT2D eigenvalue weighted by Gasteiger charge is 2.32. The third-order valence-corrected chi connectivity index (χ3v) is 4.90. The number of benzene rings is 1. The van der Waals surface area contributed by atoms with Crippen LogP contribution in [0.4, 0.5) is 0 Å². The Morgan fingerprint density at radius 1 is 1.21 bits per heavy atom. The molecule has 0 amide bonds. The van der Waals surface area contributed by atoms with Gasteiger partial charge in [-0.15, -0.1) is 11.6 Å². The Morgan fingerprint density at radius 2 is 1.89 bits per heavy atom. The summed E-state index contributed by atoms with van der Waals surface area (Å²) >= 11 is 9.52. The van der Waals surface area contributed by atoms with Gasteiger partial charge in [0, 0.05) is 23.4 Å². The lowest BCUT2D eigenvalue weighted by Gasteiger charge is -2.26. The minimum absolute atomic E-state index is 0.333. The molecule has 1 N–H and O–H groups in total. The fraction of sp³-hybridized carbons (Fsp3) is 0.600. The minimum Gasteiger partial charge on any atom is -0.492 e. The number of ether oxygens (including phenoxy) is 1. The van der Waals surface area contributed by atoms with E-state index in [1.165, 1.54) is 25.7 Å². The summed E-state index contributed by atoms with van der Waals surface area (Å²) in [5.74, 6) is 1.69. The fourth-order valence-electron chi connectivity index (χ4n) is 2.61. The molecule has 2 rings (SSSR count). The lowest BCUT2D eigenvalue weighted by Crippen LogP contribution is -2.35. The topological polar surface area (TPSA) is 21.3 Å². The van der Waals surface area contributed by atoms with Crippen molar-refractivity contribution < 1.29 is 4.74 Å². The summed E-state index contributed by atoms with van der Waals surface area (Å²) in [5, 5.41) is 3.48. The average molecular weight is 347 g/mol. The average Bonchev–Trinajstić information content (AvgIpc) is 2.90. The van der Waals surface area contributed by atoms with Crippen molar-refractivity contribution in [3.05, 3.63) is 28.7 Å². The van der Waals surface area contributed by atoms with Gasteiger partial charge in [-0.2, -0.15) is 0 Å². The van der Waals surface area contributed by atoms with Gasteiger partial charge in [0.2, 0.25) is 0 Å². The predicted molar refractivity (Wildman–Crippen MR) is 84.1 cm³/mol. The Kier molecular flexibility index (Phi) is 5.99. The van der Waals surface area contributed by atoms with Crippen LogP contribution in [0, 0.1) is 5.41 Å². The molecule has 1 aromatic carbocycles. The maximum atomic E-state index is 6.11. The number of halogens is 2. The summed E-state index contributed by atoms with van der Waals surface area (Å²) in [4.78, 5) is 0. The van der Waals surface area contributed by atoms with Gasteiger partial charge in [0.25, 0.3) is 0 Å². The van der Waals surface area contributed by atoms with Crippen LogP contribution in [-0.4, -0.2) is 25.6 Å². The largest absolute Gasteiger partial charge is 0.492 e. The van der Waals surface area contributed by atoms with Crippen LogP contribution in [0.5, 0.6) is 5.75 Å². The molecule has 1 saturated carbocycles. The predicted octanol–water partition coefficient (Wildman–Crippen LogP) is 4.22. The van der Waals surface area contributed by atoms with Gasteiger partial charge < -0.3 is 10.1 Å². The molecule has 19 heavy (non-hydrogen) atoms. The van der Waals surface area contributed by atoms with Gasteiger partial charge in [-0.3, -0.25) is 0 Å². The third-order valence-electron chi connectivity index (χ3n) is 3.81. The highest BCUT2D eigenvalue weighted by Crippen LogP contribution is 2.38. The van der Waals surface area contributed by atoms with E-state index >= 15 is 0 Å². The molecule has 0 heterocycles. The van der Waals surface area contributed by atoms with E-state index < -0.39 is 0 Å². The molecule has 106 valence electrons. The van der Waals surface area contributed by atoms with Gasteiger partial charge in [-0.1, -0.05) is 28.8 Å². The Hall–Kier alpha value is -0.250. The number of hydrogen-bond donors (Lipinski definition) is 1. The van der Waals surface area contributed by atoms with E-state index in [4.69, 9.17) is 16.3 Å². The number of rotatable bonds is 7. The van der Waals surface area contributed by atoms with Crippen molar-refractivity contribution in [3.8, 4) is 5.75 Å². The molecule has 0 aliphatic heterocycles. The van der Waals surface area contributed by atoms with Crippen molar-refractivity contribution in [2.75, 3.05) is 25.6 Å². The third kappa shape index (κ3) is 4.66. The Morgan fingerprint density at radius 3 is 2.53 bits per heavy atom. The van der Waals surface area contributed by atoms with E-state index in [0.29, 0.717) is 12.0 Å². The van der Waals surface area contributed by atoms with Crippen LogP contribution in [0.1, 0.15) is 25.7 Å². The summed E-state index contributed by atoms with van der Waals surface area (Å²) in [7, 11) is 0. The standard InChI is InChI=1S/C15H21BrClNO/c16-13-3-5-14(6-4-13)19-10-9-18-12-15(11-17)7-1-2-8-15/h3-6,18H,1-2,7-12H2. The number of nitrogens with one attached hydrogen (secondary N) is 1. The molecule has 0 atom stereocenters. The highest BCUT2D eigenvalue weighted by atomic mass is 79.9. The van der Waals surface area contributed by atoms with Crippen molar-refractivity contribution in [2.24, 2.45) is 5.41 Å². The van der Waals surface area contributed by atoms with E-state index in [0.717, 1.165) is 29.2 Å². The molecule has 0 radical (unpaired) electrons. The molecule has 0 bridgehead atoms. The maximum absolute atomic E-state index is 6.11. The van der Waals surface area contributed by atoms with Gasteiger partial charge in [-0.25, -0.2) is 0 Å². The summed E-state index contributed by atoms with van der Waals surface area (Å²) in [6.07, 6.45) is 5.17. The monoisotopic (exact) mass is 345 g/mol. The smallest absolute Gasteiger partial charge is 0.119 e. The second kappa shape index (κ2) is 7.51. The molecule has 0 unspecified atom stereocenters. The first-order valence-electron chi connectivity index (χ1n) is 6.89. The lowest BCUT2D eigenvalue weighted by atomic mass is 9.88. The van der Waals surface area contributed by atoms with E-state index in [1.54, 1.807) is 0 Å². The van der Waals surface area contributed by atoms with Crippen molar-refractivity contribution in [1.82, 2.24) is 5.32 Å².